The molecule has 0 aliphatic heterocycles. The Morgan fingerprint density at radius 2 is 0.509 bits per heavy atom. The van der Waals surface area contributed by atoms with Gasteiger partial charge >= 0.3 is 0 Å². The summed E-state index contributed by atoms with van der Waals surface area (Å²) in [5.74, 6) is 0. The summed E-state index contributed by atoms with van der Waals surface area (Å²) in [6, 6.07) is 55.8. The minimum Gasteiger partial charge on any atom is -0.456 e. The average Bonchev–Trinajstić information content (AvgIpc) is 3.96. The Kier molecular flexibility index (Phi) is 6.86. The van der Waals surface area contributed by atoms with Gasteiger partial charge in [-0.25, -0.2) is 0 Å². The lowest BCUT2D eigenvalue weighted by molar-refractivity contribution is 0.668. The van der Waals surface area contributed by atoms with Gasteiger partial charge in [0.1, 0.15) is 33.5 Å². The lowest BCUT2D eigenvalue weighted by Gasteiger charge is -2.10. The average molecular weight is 731 g/mol. The van der Waals surface area contributed by atoms with E-state index in [1.807, 2.05) is 30.6 Å². The maximum absolute atomic E-state index is 6.34. The van der Waals surface area contributed by atoms with Gasteiger partial charge in [-0.2, -0.15) is 0 Å². The Labute approximate surface area is 326 Å². The smallest absolute Gasteiger partial charge is 0.138 e. The molecule has 0 aliphatic carbocycles. The Morgan fingerprint density at radius 1 is 0.246 bits per heavy atom. The molecule has 0 aliphatic rings. The zero-order valence-corrected chi connectivity index (χ0v) is 30.4. The van der Waals surface area contributed by atoms with E-state index in [9.17, 15) is 0 Å². The van der Waals surface area contributed by atoms with E-state index in [4.69, 9.17) is 13.3 Å². The van der Waals surface area contributed by atoms with E-state index < -0.39 is 0 Å². The molecule has 266 valence electrons. The SMILES string of the molecule is c1cc(-c2cccc(-c3ccc4oc5ccncc5c4c3)c2)cc(-c2cccc(-c3ccc4oc5ccc(-c6ccc7oc8ccncc8c7c6)cc5c4c3)c2)c1. The van der Waals surface area contributed by atoms with Gasteiger partial charge < -0.3 is 13.3 Å². The molecule has 0 N–H and O–H groups in total. The van der Waals surface area contributed by atoms with Crippen molar-refractivity contribution < 1.29 is 13.3 Å². The van der Waals surface area contributed by atoms with Crippen molar-refractivity contribution in [3.05, 3.63) is 183 Å². The summed E-state index contributed by atoms with van der Waals surface area (Å²) in [5.41, 5.74) is 16.6. The molecule has 7 aromatic carbocycles. The number of hydrogen-bond donors (Lipinski definition) is 0. The highest BCUT2D eigenvalue weighted by Gasteiger charge is 2.14. The molecule has 12 aromatic rings. The van der Waals surface area contributed by atoms with Gasteiger partial charge in [0.25, 0.3) is 0 Å². The van der Waals surface area contributed by atoms with Gasteiger partial charge in [-0.3, -0.25) is 9.97 Å². The number of fused-ring (bicyclic) bond motifs is 9. The second-order valence-corrected chi connectivity index (χ2v) is 14.6. The van der Waals surface area contributed by atoms with Crippen LogP contribution in [0.4, 0.5) is 0 Å². The van der Waals surface area contributed by atoms with Crippen molar-refractivity contribution in [3.63, 3.8) is 0 Å². The number of nitrogens with zero attached hydrogens (tertiary/aromatic N) is 2. The first kappa shape index (κ1) is 31.6. The predicted molar refractivity (Wildman–Crippen MR) is 231 cm³/mol. The van der Waals surface area contributed by atoms with Gasteiger partial charge in [-0.05, 0) is 134 Å². The fourth-order valence-corrected chi connectivity index (χ4v) is 8.37. The van der Waals surface area contributed by atoms with E-state index in [1.165, 1.54) is 0 Å². The van der Waals surface area contributed by atoms with Crippen LogP contribution in [0, 0.1) is 0 Å². The van der Waals surface area contributed by atoms with E-state index >= 15 is 0 Å². The number of rotatable bonds is 5. The van der Waals surface area contributed by atoms with Crippen LogP contribution in [-0.2, 0) is 0 Å². The first-order chi connectivity index (χ1) is 28.2. The lowest BCUT2D eigenvalue weighted by atomic mass is 9.94. The molecule has 0 saturated carbocycles. The van der Waals surface area contributed by atoms with Crippen molar-refractivity contribution in [2.45, 2.75) is 0 Å². The van der Waals surface area contributed by atoms with Gasteiger partial charge in [0.15, 0.2) is 0 Å². The zero-order chi connectivity index (χ0) is 37.5. The molecule has 0 bridgehead atoms. The molecule has 5 nitrogen and oxygen atoms in total. The van der Waals surface area contributed by atoms with E-state index in [2.05, 4.69) is 149 Å². The Balaban J connectivity index is 0.875. The minimum absolute atomic E-state index is 0.843. The second-order valence-electron chi connectivity index (χ2n) is 14.6. The Hall–Kier alpha value is -7.76. The molecule has 5 heterocycles. The fourth-order valence-electron chi connectivity index (χ4n) is 8.37. The molecule has 0 spiro atoms. The van der Waals surface area contributed by atoms with Gasteiger partial charge in [0.2, 0.25) is 0 Å². The van der Waals surface area contributed by atoms with Crippen LogP contribution in [0.2, 0.25) is 0 Å². The minimum atomic E-state index is 0.843. The highest BCUT2D eigenvalue weighted by atomic mass is 16.3. The first-order valence-corrected chi connectivity index (χ1v) is 19.0. The van der Waals surface area contributed by atoms with Crippen LogP contribution in [0.5, 0.6) is 0 Å². The molecule has 5 heteroatoms. The van der Waals surface area contributed by atoms with Gasteiger partial charge in [-0.1, -0.05) is 78.9 Å². The van der Waals surface area contributed by atoms with Crippen molar-refractivity contribution in [1.29, 1.82) is 0 Å². The monoisotopic (exact) mass is 730 g/mol. The third kappa shape index (κ3) is 5.24. The highest BCUT2D eigenvalue weighted by Crippen LogP contribution is 2.39. The summed E-state index contributed by atoms with van der Waals surface area (Å²) in [5, 5.41) is 6.35. The molecule has 0 fully saturated rings. The van der Waals surface area contributed by atoms with E-state index in [0.717, 1.165) is 121 Å². The normalized spacial score (nSPS) is 11.9. The third-order valence-corrected chi connectivity index (χ3v) is 11.3. The summed E-state index contributed by atoms with van der Waals surface area (Å²) in [6.45, 7) is 0. The van der Waals surface area contributed by atoms with Crippen LogP contribution >= 0.6 is 0 Å². The summed E-state index contributed by atoms with van der Waals surface area (Å²) >= 11 is 0. The van der Waals surface area contributed by atoms with Crippen LogP contribution < -0.4 is 0 Å². The van der Waals surface area contributed by atoms with Crippen molar-refractivity contribution >= 4 is 65.8 Å². The molecule has 0 amide bonds. The summed E-state index contributed by atoms with van der Waals surface area (Å²) in [7, 11) is 0. The number of benzene rings is 7. The topological polar surface area (TPSA) is 65.2 Å². The Bertz CT molecular complexity index is 3550. The maximum Gasteiger partial charge on any atom is 0.138 e. The van der Waals surface area contributed by atoms with Crippen molar-refractivity contribution in [3.8, 4) is 55.6 Å². The molecule has 57 heavy (non-hydrogen) atoms. The highest BCUT2D eigenvalue weighted by molar-refractivity contribution is 6.09. The van der Waals surface area contributed by atoms with Crippen LogP contribution in [0.3, 0.4) is 0 Å². The van der Waals surface area contributed by atoms with Gasteiger partial charge in [0.05, 0.1) is 0 Å². The standard InChI is InChI=1S/C52H30N2O3/c1-4-31(22-32(5-1)34-7-3-9-36(24-34)38-11-16-49-43(27-38)45-29-53-20-18-51(45)56-49)33-6-2-8-35(23-33)37-10-14-47-41(25-37)42-26-39(12-15-48(42)55-47)40-13-17-50-44(28-40)46-30-54-21-19-52(46)57-50/h1-30H. The molecule has 5 aromatic heterocycles. The lowest BCUT2D eigenvalue weighted by Crippen LogP contribution is -1.85. The van der Waals surface area contributed by atoms with Gasteiger partial charge in [-0.15, -0.1) is 0 Å². The number of pyridine rings is 2. The number of furan rings is 3. The van der Waals surface area contributed by atoms with Crippen molar-refractivity contribution in [2.75, 3.05) is 0 Å². The van der Waals surface area contributed by atoms with Crippen LogP contribution in [0.15, 0.2) is 196 Å². The van der Waals surface area contributed by atoms with E-state index in [0.29, 0.717) is 0 Å². The Morgan fingerprint density at radius 3 is 0.825 bits per heavy atom. The van der Waals surface area contributed by atoms with Crippen LogP contribution in [0.1, 0.15) is 0 Å². The summed E-state index contributed by atoms with van der Waals surface area (Å²) < 4.78 is 18.4. The van der Waals surface area contributed by atoms with Crippen LogP contribution in [0.25, 0.3) is 121 Å². The van der Waals surface area contributed by atoms with Gasteiger partial charge in [0, 0.05) is 57.1 Å². The number of aromatic nitrogens is 2. The quantitative estimate of drug-likeness (QED) is 0.176. The van der Waals surface area contributed by atoms with E-state index in [-0.39, 0.29) is 0 Å². The molecular weight excluding hydrogens is 701 g/mol. The predicted octanol–water partition coefficient (Wildman–Crippen LogP) is 14.5. The summed E-state index contributed by atoms with van der Waals surface area (Å²) in [4.78, 5) is 8.65. The molecule has 0 atom stereocenters. The molecule has 0 radical (unpaired) electrons. The largest absolute Gasteiger partial charge is 0.456 e. The zero-order valence-electron chi connectivity index (χ0n) is 30.4. The molecule has 0 saturated heterocycles. The van der Waals surface area contributed by atoms with Crippen molar-refractivity contribution in [2.24, 2.45) is 0 Å². The van der Waals surface area contributed by atoms with Crippen molar-refractivity contribution in [1.82, 2.24) is 9.97 Å². The molecular formula is C52H30N2O3. The molecule has 0 unspecified atom stereocenters. The fraction of sp³-hybridized carbons (Fsp3) is 0. The first-order valence-electron chi connectivity index (χ1n) is 19.0. The number of hydrogen-bond acceptors (Lipinski definition) is 5. The van der Waals surface area contributed by atoms with E-state index in [1.54, 1.807) is 12.4 Å². The van der Waals surface area contributed by atoms with Crippen LogP contribution in [-0.4, -0.2) is 9.97 Å². The third-order valence-electron chi connectivity index (χ3n) is 11.3. The maximum atomic E-state index is 6.34. The summed E-state index contributed by atoms with van der Waals surface area (Å²) in [6.07, 6.45) is 7.27. The molecule has 12 rings (SSSR count). The second kappa shape index (κ2) is 12.4.